The number of carbonyl (C=O) groups excluding carboxylic acids is 1. The van der Waals surface area contributed by atoms with E-state index in [1.165, 1.54) is 19.1 Å². The molecule has 0 unspecified atom stereocenters. The van der Waals surface area contributed by atoms with Gasteiger partial charge in [-0.1, -0.05) is 12.1 Å². The summed E-state index contributed by atoms with van der Waals surface area (Å²) in [5.41, 5.74) is -0.669. The molecule has 1 aromatic carbocycles. The number of hydrogen-bond donors (Lipinski definition) is 0. The molecule has 0 saturated carbocycles. The maximum atomic E-state index is 12.3. The summed E-state index contributed by atoms with van der Waals surface area (Å²) < 4.78 is 46.5. The second-order valence-electron chi connectivity index (χ2n) is 3.33. The first-order valence-corrected chi connectivity index (χ1v) is 4.95. The fourth-order valence-corrected chi connectivity index (χ4v) is 1.13. The highest BCUT2D eigenvalue weighted by atomic mass is 19.4. The average Bonchev–Trinajstić information content (AvgIpc) is 2.23. The lowest BCUT2D eigenvalue weighted by Crippen LogP contribution is -2.33. The highest BCUT2D eigenvalue weighted by Gasteiger charge is 2.24. The lowest BCUT2D eigenvalue weighted by atomic mass is 9.80. The minimum atomic E-state index is -4.97. The molecule has 1 rings (SSSR count). The lowest BCUT2D eigenvalue weighted by Gasteiger charge is -2.15. The second kappa shape index (κ2) is 5.61. The van der Waals surface area contributed by atoms with Crippen LogP contribution in [0, 0.1) is 0 Å². The monoisotopic (exact) mass is 247 g/mol. The summed E-state index contributed by atoms with van der Waals surface area (Å²) in [5, 5.41) is 0. The van der Waals surface area contributed by atoms with Crippen molar-refractivity contribution >= 4 is 18.4 Å². The number of benzene rings is 1. The Labute approximate surface area is 96.6 Å². The average molecular weight is 247 g/mol. The summed E-state index contributed by atoms with van der Waals surface area (Å²) in [7, 11) is 0. The molecule has 0 amide bonds. The highest BCUT2D eigenvalue weighted by molar-refractivity contribution is 6.73. The van der Waals surface area contributed by atoms with Crippen molar-refractivity contribution in [3.8, 4) is 5.75 Å². The van der Waals surface area contributed by atoms with E-state index in [-0.39, 0.29) is 13.2 Å². The highest BCUT2D eigenvalue weighted by Crippen LogP contribution is 2.13. The van der Waals surface area contributed by atoms with Crippen LogP contribution in [0.25, 0.3) is 0 Å². The molecule has 0 saturated heterocycles. The first-order valence-electron chi connectivity index (χ1n) is 4.95. The van der Waals surface area contributed by atoms with E-state index in [9.17, 15) is 17.7 Å². The summed E-state index contributed by atoms with van der Waals surface area (Å²) >= 11 is 0. The molecule has 94 valence electrons. The zero-order valence-electron chi connectivity index (χ0n) is 9.16. The van der Waals surface area contributed by atoms with Gasteiger partial charge in [-0.05, 0) is 12.1 Å². The predicted octanol–water partition coefficient (Wildman–Crippen LogP) is 1.68. The summed E-state index contributed by atoms with van der Waals surface area (Å²) in [6.07, 6.45) is 0. The van der Waals surface area contributed by atoms with Crippen LogP contribution in [0.4, 0.5) is 12.9 Å². The number of carbonyl (C=O) groups is 1. The van der Waals surface area contributed by atoms with Gasteiger partial charge >= 0.3 is 12.9 Å². The smallest absolute Gasteiger partial charge is 0.490 e. The Hall–Kier alpha value is -1.66. The molecule has 0 spiro atoms. The van der Waals surface area contributed by atoms with Crippen LogP contribution >= 0.6 is 0 Å². The fourth-order valence-electron chi connectivity index (χ4n) is 1.13. The quantitative estimate of drug-likeness (QED) is 0.451. The topological polar surface area (TPSA) is 35.5 Å². The van der Waals surface area contributed by atoms with E-state index in [2.05, 4.69) is 4.74 Å². The van der Waals surface area contributed by atoms with Crippen LogP contribution in [0.2, 0.25) is 0 Å². The van der Waals surface area contributed by atoms with Gasteiger partial charge in [0, 0.05) is 6.92 Å². The van der Waals surface area contributed by atoms with Gasteiger partial charge in [-0.3, -0.25) is 4.79 Å². The molecule has 7 heteroatoms. The molecular formula is C10H11BF3O3-. The molecule has 0 aromatic heterocycles. The van der Waals surface area contributed by atoms with Crippen LogP contribution in [0.1, 0.15) is 6.92 Å². The van der Waals surface area contributed by atoms with E-state index in [0.717, 1.165) is 12.1 Å². The van der Waals surface area contributed by atoms with Crippen molar-refractivity contribution in [3.05, 3.63) is 24.3 Å². The maximum absolute atomic E-state index is 12.3. The van der Waals surface area contributed by atoms with Crippen LogP contribution in [-0.2, 0) is 9.53 Å². The molecule has 17 heavy (non-hydrogen) atoms. The number of halogens is 3. The summed E-state index contributed by atoms with van der Waals surface area (Å²) in [4.78, 5) is 10.4. The van der Waals surface area contributed by atoms with Crippen molar-refractivity contribution in [2.45, 2.75) is 6.92 Å². The number of esters is 1. The molecule has 0 aliphatic carbocycles. The Morgan fingerprint density at radius 2 is 1.76 bits per heavy atom. The van der Waals surface area contributed by atoms with Gasteiger partial charge in [0.15, 0.2) is 0 Å². The Balaban J connectivity index is 2.43. The molecule has 0 bridgehead atoms. The fraction of sp³-hybridized carbons (Fsp3) is 0.300. The van der Waals surface area contributed by atoms with E-state index in [1.54, 1.807) is 0 Å². The Morgan fingerprint density at radius 1 is 1.18 bits per heavy atom. The van der Waals surface area contributed by atoms with Crippen LogP contribution < -0.4 is 10.2 Å². The van der Waals surface area contributed by atoms with Gasteiger partial charge < -0.3 is 22.4 Å². The predicted molar refractivity (Wildman–Crippen MR) is 57.3 cm³/mol. The third kappa shape index (κ3) is 4.80. The first kappa shape index (κ1) is 13.4. The van der Waals surface area contributed by atoms with Gasteiger partial charge in [0.05, 0.1) is 0 Å². The van der Waals surface area contributed by atoms with Crippen molar-refractivity contribution < 1.29 is 27.2 Å². The molecular weight excluding hydrogens is 236 g/mol. The van der Waals surface area contributed by atoms with Gasteiger partial charge in [-0.15, -0.1) is 5.46 Å². The van der Waals surface area contributed by atoms with Gasteiger partial charge in [-0.2, -0.15) is 0 Å². The van der Waals surface area contributed by atoms with Gasteiger partial charge in [0.1, 0.15) is 19.0 Å². The SMILES string of the molecule is CC(=O)OCCOc1ccc([B-](F)(F)F)cc1. The van der Waals surface area contributed by atoms with Crippen LogP contribution in [0.3, 0.4) is 0 Å². The van der Waals surface area contributed by atoms with Crippen LogP contribution in [-0.4, -0.2) is 26.2 Å². The molecule has 3 nitrogen and oxygen atoms in total. The van der Waals surface area contributed by atoms with Gasteiger partial charge in [0.2, 0.25) is 0 Å². The van der Waals surface area contributed by atoms with Crippen molar-refractivity contribution in [3.63, 3.8) is 0 Å². The van der Waals surface area contributed by atoms with Crippen LogP contribution in [0.15, 0.2) is 24.3 Å². The Bertz CT molecular complexity index is 375. The van der Waals surface area contributed by atoms with Crippen LogP contribution in [0.5, 0.6) is 5.75 Å². The van der Waals surface area contributed by atoms with Crippen molar-refractivity contribution in [2.75, 3.05) is 13.2 Å². The zero-order valence-corrected chi connectivity index (χ0v) is 9.16. The minimum Gasteiger partial charge on any atom is -0.490 e. The second-order valence-corrected chi connectivity index (χ2v) is 3.33. The van der Waals surface area contributed by atoms with E-state index in [0.29, 0.717) is 5.75 Å². The summed E-state index contributed by atoms with van der Waals surface area (Å²) in [6, 6.07) is 4.39. The molecule has 0 radical (unpaired) electrons. The molecule has 1 aromatic rings. The standard InChI is InChI=1S/C10H11BF3O3/c1-8(15)16-6-7-17-10-4-2-9(3-5-10)11(12,13)14/h2-5H,6-7H2,1H3/q-1. The van der Waals surface area contributed by atoms with E-state index in [1.807, 2.05) is 0 Å². The molecule has 0 aliphatic rings. The summed E-state index contributed by atoms with van der Waals surface area (Å²) in [5.74, 6) is -0.121. The third-order valence-electron chi connectivity index (χ3n) is 1.92. The maximum Gasteiger partial charge on any atom is 0.509 e. The van der Waals surface area contributed by atoms with E-state index in [4.69, 9.17) is 4.74 Å². The largest absolute Gasteiger partial charge is 0.509 e. The Kier molecular flexibility index (Phi) is 4.42. The van der Waals surface area contributed by atoms with E-state index < -0.39 is 18.4 Å². The summed E-state index contributed by atoms with van der Waals surface area (Å²) in [6.45, 7) is -3.53. The molecule has 0 N–H and O–H groups in total. The van der Waals surface area contributed by atoms with E-state index >= 15 is 0 Å². The van der Waals surface area contributed by atoms with Gasteiger partial charge in [-0.25, -0.2) is 0 Å². The molecule has 0 fully saturated rings. The molecule has 0 aliphatic heterocycles. The Morgan fingerprint density at radius 3 is 2.24 bits per heavy atom. The van der Waals surface area contributed by atoms with Crippen molar-refractivity contribution in [1.82, 2.24) is 0 Å². The normalized spacial score (nSPS) is 11.1. The number of hydrogen-bond acceptors (Lipinski definition) is 3. The van der Waals surface area contributed by atoms with Crippen molar-refractivity contribution in [1.29, 1.82) is 0 Å². The number of rotatable bonds is 5. The minimum absolute atomic E-state index is 0.0697. The lowest BCUT2D eigenvalue weighted by molar-refractivity contribution is -0.141. The molecule has 0 heterocycles. The third-order valence-corrected chi connectivity index (χ3v) is 1.92. The van der Waals surface area contributed by atoms with Crippen molar-refractivity contribution in [2.24, 2.45) is 0 Å². The first-order chi connectivity index (χ1) is 7.89. The zero-order chi connectivity index (χ0) is 12.9. The van der Waals surface area contributed by atoms with Gasteiger partial charge in [0.25, 0.3) is 0 Å². The number of ether oxygens (including phenoxy) is 2. The molecule has 0 atom stereocenters.